The largest absolute Gasteiger partial charge is 0.370 e. The number of fused-ring (bicyclic) bond motifs is 1. The molecule has 0 radical (unpaired) electrons. The van der Waals surface area contributed by atoms with E-state index in [0.29, 0.717) is 45.3 Å². The molecule has 0 spiro atoms. The third kappa shape index (κ3) is 9.43. The maximum absolute atomic E-state index is 13.7. The second-order valence-corrected chi connectivity index (χ2v) is 11.5. The van der Waals surface area contributed by atoms with Crippen LogP contribution in [0.4, 0.5) is 0 Å². The molecule has 13 nitrogen and oxygen atoms in total. The summed E-state index contributed by atoms with van der Waals surface area (Å²) in [6.07, 6.45) is 4.38. The van der Waals surface area contributed by atoms with Gasteiger partial charge in [0.2, 0.25) is 23.6 Å². The molecule has 0 aliphatic carbocycles. The first-order valence-electron chi connectivity index (χ1n) is 15.1. The minimum Gasteiger partial charge on any atom is -0.370 e. The molecule has 1 aliphatic heterocycles. The smallest absolute Gasteiger partial charge is 0.245 e. The molecule has 1 saturated heterocycles. The highest BCUT2D eigenvalue weighted by Crippen LogP contribution is 2.21. The molecular weight excluding hydrogens is 550 g/mol. The average molecular weight is 598 g/mol. The number of likely N-dealkylation sites (tertiary alicyclic amines) is 1. The monoisotopic (exact) mass is 597 g/mol. The molecule has 1 aromatic carbocycles. The molecule has 236 valence electrons. The van der Waals surface area contributed by atoms with Gasteiger partial charge in [-0.3, -0.25) is 24.6 Å². The summed E-state index contributed by atoms with van der Waals surface area (Å²) >= 11 is 0. The molecule has 43 heavy (non-hydrogen) atoms. The van der Waals surface area contributed by atoms with Gasteiger partial charge in [-0.2, -0.15) is 0 Å². The second-order valence-electron chi connectivity index (χ2n) is 11.5. The number of H-pyrrole nitrogens is 1. The van der Waals surface area contributed by atoms with Crippen LogP contribution in [0.15, 0.2) is 30.5 Å². The van der Waals surface area contributed by atoms with Crippen LogP contribution in [0.3, 0.4) is 0 Å². The van der Waals surface area contributed by atoms with Crippen LogP contribution in [0.25, 0.3) is 10.9 Å². The van der Waals surface area contributed by atoms with Crippen LogP contribution in [-0.4, -0.2) is 83.3 Å². The van der Waals surface area contributed by atoms with E-state index in [1.165, 1.54) is 4.90 Å². The van der Waals surface area contributed by atoms with Crippen molar-refractivity contribution in [2.24, 2.45) is 17.4 Å². The van der Waals surface area contributed by atoms with Crippen molar-refractivity contribution in [1.82, 2.24) is 31.2 Å². The number of rotatable bonds is 15. The van der Waals surface area contributed by atoms with E-state index in [9.17, 15) is 19.2 Å². The summed E-state index contributed by atoms with van der Waals surface area (Å²) in [5, 5.41) is 19.5. The zero-order valence-electron chi connectivity index (χ0n) is 25.4. The molecule has 1 fully saturated rings. The fourth-order valence-corrected chi connectivity index (χ4v) is 5.47. The van der Waals surface area contributed by atoms with E-state index < -0.39 is 36.0 Å². The maximum Gasteiger partial charge on any atom is 0.245 e. The third-order valence-corrected chi connectivity index (χ3v) is 7.58. The van der Waals surface area contributed by atoms with Crippen LogP contribution in [-0.2, 0) is 25.6 Å². The number of aromatic amines is 1. The molecular formula is C30H47N9O4. The fourth-order valence-electron chi connectivity index (χ4n) is 5.47. The molecule has 0 saturated carbocycles. The molecule has 2 heterocycles. The van der Waals surface area contributed by atoms with Crippen LogP contribution in [0.5, 0.6) is 0 Å². The highest BCUT2D eigenvalue weighted by Gasteiger charge is 2.38. The number of guanidine groups is 1. The number of amides is 4. The molecule has 0 unspecified atom stereocenters. The van der Waals surface area contributed by atoms with Crippen molar-refractivity contribution in [3.05, 3.63) is 36.0 Å². The van der Waals surface area contributed by atoms with Gasteiger partial charge in [-0.05, 0) is 63.0 Å². The van der Waals surface area contributed by atoms with Gasteiger partial charge in [-0.25, -0.2) is 0 Å². The van der Waals surface area contributed by atoms with Gasteiger partial charge in [0.15, 0.2) is 5.96 Å². The summed E-state index contributed by atoms with van der Waals surface area (Å²) in [5.74, 6) is -1.65. The second kappa shape index (κ2) is 15.9. The van der Waals surface area contributed by atoms with Crippen molar-refractivity contribution in [3.63, 3.8) is 0 Å². The van der Waals surface area contributed by atoms with E-state index in [-0.39, 0.29) is 36.5 Å². The zero-order chi connectivity index (χ0) is 31.5. The molecule has 3 rings (SSSR count). The molecule has 0 bridgehead atoms. The lowest BCUT2D eigenvalue weighted by atomic mass is 10.0. The SMILES string of the molecule is CCNC(=O)[C@@H]1CCCN1C(=O)[C@H](CCCNC(=N)N)NC(=O)[C@H](CC(C)C)NC(=O)[C@H](N)Cc1c[nH]c2ccccc12. The van der Waals surface area contributed by atoms with Gasteiger partial charge in [0.1, 0.15) is 18.1 Å². The Labute approximate surface area is 252 Å². The Morgan fingerprint density at radius 1 is 1.09 bits per heavy atom. The van der Waals surface area contributed by atoms with Crippen LogP contribution in [0.1, 0.15) is 58.4 Å². The van der Waals surface area contributed by atoms with Gasteiger partial charge < -0.3 is 42.6 Å². The summed E-state index contributed by atoms with van der Waals surface area (Å²) in [6.45, 7) is 6.90. The number of carbonyl (C=O) groups is 4. The van der Waals surface area contributed by atoms with Gasteiger partial charge in [0.25, 0.3) is 0 Å². The molecule has 1 aliphatic rings. The van der Waals surface area contributed by atoms with Gasteiger partial charge in [-0.1, -0.05) is 32.0 Å². The van der Waals surface area contributed by atoms with E-state index in [1.807, 2.05) is 51.2 Å². The van der Waals surface area contributed by atoms with Crippen molar-refractivity contribution in [1.29, 1.82) is 5.41 Å². The number of carbonyl (C=O) groups excluding carboxylic acids is 4. The number of likely N-dealkylation sites (N-methyl/N-ethyl adjacent to an activating group) is 1. The van der Waals surface area contributed by atoms with Crippen molar-refractivity contribution in [3.8, 4) is 0 Å². The number of aromatic nitrogens is 1. The third-order valence-electron chi connectivity index (χ3n) is 7.58. The van der Waals surface area contributed by atoms with Gasteiger partial charge in [-0.15, -0.1) is 0 Å². The summed E-state index contributed by atoms with van der Waals surface area (Å²) in [6, 6.07) is 4.42. The molecule has 2 aromatic rings. The Hall–Kier alpha value is -4.13. The normalized spacial score (nSPS) is 16.9. The van der Waals surface area contributed by atoms with E-state index in [2.05, 4.69) is 26.3 Å². The van der Waals surface area contributed by atoms with E-state index in [1.54, 1.807) is 0 Å². The van der Waals surface area contributed by atoms with Crippen LogP contribution in [0.2, 0.25) is 0 Å². The van der Waals surface area contributed by atoms with E-state index in [0.717, 1.165) is 16.5 Å². The quantitative estimate of drug-likeness (QED) is 0.0824. The lowest BCUT2D eigenvalue weighted by Gasteiger charge is -2.30. The average Bonchev–Trinajstić information content (AvgIpc) is 3.61. The first kappa shape index (κ1) is 33.4. The Morgan fingerprint density at radius 2 is 1.81 bits per heavy atom. The van der Waals surface area contributed by atoms with Crippen LogP contribution in [0, 0.1) is 11.3 Å². The first-order chi connectivity index (χ1) is 20.5. The number of nitrogens with one attached hydrogen (secondary N) is 6. The van der Waals surface area contributed by atoms with Gasteiger partial charge in [0.05, 0.1) is 6.04 Å². The zero-order valence-corrected chi connectivity index (χ0v) is 25.4. The summed E-state index contributed by atoms with van der Waals surface area (Å²) in [5.41, 5.74) is 13.5. The molecule has 1 aromatic heterocycles. The number of hydrogen-bond donors (Lipinski definition) is 8. The minimum absolute atomic E-state index is 0.0653. The van der Waals surface area contributed by atoms with Crippen molar-refractivity contribution in [2.75, 3.05) is 19.6 Å². The maximum atomic E-state index is 13.7. The molecule has 13 heteroatoms. The van der Waals surface area contributed by atoms with Crippen LogP contribution >= 0.6 is 0 Å². The van der Waals surface area contributed by atoms with Crippen molar-refractivity contribution >= 4 is 40.5 Å². The lowest BCUT2D eigenvalue weighted by molar-refractivity contribution is -0.142. The standard InChI is InChI=1S/C30H47N9O4/c1-4-34-28(42)25-12-8-14-39(25)29(43)23(11-7-13-35-30(32)33)37-27(41)24(15-18(2)3)38-26(40)21(31)16-19-17-36-22-10-6-5-9-20(19)22/h5-6,9-10,17-18,21,23-25,36H,4,7-8,11-16,31H2,1-3H3,(H,34,42)(H,37,41)(H,38,40)(H4,32,33,35)/t21-,23+,24+,25+/m1/s1. The Balaban J connectivity index is 1.72. The molecule has 4 amide bonds. The lowest BCUT2D eigenvalue weighted by Crippen LogP contribution is -2.58. The molecule has 10 N–H and O–H groups in total. The highest BCUT2D eigenvalue weighted by molar-refractivity contribution is 5.95. The predicted molar refractivity (Wildman–Crippen MR) is 166 cm³/mol. The van der Waals surface area contributed by atoms with E-state index in [4.69, 9.17) is 16.9 Å². The first-order valence-corrected chi connectivity index (χ1v) is 15.1. The minimum atomic E-state index is -0.928. The summed E-state index contributed by atoms with van der Waals surface area (Å²) < 4.78 is 0. The Bertz CT molecular complexity index is 1280. The van der Waals surface area contributed by atoms with E-state index >= 15 is 0 Å². The predicted octanol–water partition coefficient (Wildman–Crippen LogP) is 0.444. The van der Waals surface area contributed by atoms with Gasteiger partial charge in [0, 0.05) is 36.7 Å². The fraction of sp³-hybridized carbons (Fsp3) is 0.567. The Kier molecular flexibility index (Phi) is 12.4. The number of benzene rings is 1. The number of para-hydroxylation sites is 1. The number of nitrogens with zero attached hydrogens (tertiary/aromatic N) is 1. The van der Waals surface area contributed by atoms with Crippen molar-refractivity contribution < 1.29 is 19.2 Å². The number of hydrogen-bond acceptors (Lipinski definition) is 6. The number of nitrogens with two attached hydrogens (primary N) is 2. The molecule has 4 atom stereocenters. The highest BCUT2D eigenvalue weighted by atomic mass is 16.2. The summed E-state index contributed by atoms with van der Waals surface area (Å²) in [7, 11) is 0. The van der Waals surface area contributed by atoms with Crippen molar-refractivity contribution in [2.45, 2.75) is 83.5 Å². The van der Waals surface area contributed by atoms with Gasteiger partial charge >= 0.3 is 0 Å². The topological polar surface area (TPSA) is 211 Å². The van der Waals surface area contributed by atoms with Crippen LogP contribution < -0.4 is 32.7 Å². The Morgan fingerprint density at radius 3 is 2.51 bits per heavy atom. The summed E-state index contributed by atoms with van der Waals surface area (Å²) in [4.78, 5) is 57.9.